The van der Waals surface area contributed by atoms with E-state index in [1.807, 2.05) is 13.8 Å². The molecule has 0 aliphatic heterocycles. The Hall–Kier alpha value is -2.38. The fourth-order valence-electron chi connectivity index (χ4n) is 2.51. The van der Waals surface area contributed by atoms with Gasteiger partial charge in [-0.15, -0.1) is 0 Å². The van der Waals surface area contributed by atoms with Crippen LogP contribution >= 0.6 is 0 Å². The van der Waals surface area contributed by atoms with Crippen molar-refractivity contribution >= 4 is 17.1 Å². The molecule has 0 spiro atoms. The topological polar surface area (TPSA) is 98.8 Å². The van der Waals surface area contributed by atoms with Crippen molar-refractivity contribution in [3.8, 4) is 5.75 Å². The highest BCUT2D eigenvalue weighted by Gasteiger charge is 2.35. The molecular weight excluding hydrogens is 290 g/mol. The molecule has 1 rings (SSSR count). The van der Waals surface area contributed by atoms with Crippen LogP contribution < -0.4 is 9.64 Å². The summed E-state index contributed by atoms with van der Waals surface area (Å²) in [5.74, 6) is 0.0720. The zero-order valence-corrected chi connectivity index (χ0v) is 13.3. The van der Waals surface area contributed by atoms with Gasteiger partial charge in [-0.25, -0.2) is 0 Å². The van der Waals surface area contributed by atoms with Gasteiger partial charge in [-0.05, 0) is 19.8 Å². The number of ether oxygens (including phenoxy) is 1. The van der Waals surface area contributed by atoms with Crippen LogP contribution in [0.15, 0.2) is 6.07 Å². The molecule has 0 aliphatic carbocycles. The summed E-state index contributed by atoms with van der Waals surface area (Å²) < 4.78 is 5.13. The van der Waals surface area contributed by atoms with Gasteiger partial charge in [0.15, 0.2) is 5.69 Å². The van der Waals surface area contributed by atoms with E-state index in [-0.39, 0.29) is 22.8 Å². The number of nitrogens with zero attached hydrogens (tertiary/aromatic N) is 3. The minimum Gasteiger partial charge on any atom is -0.490 e. The fourth-order valence-corrected chi connectivity index (χ4v) is 2.51. The summed E-state index contributed by atoms with van der Waals surface area (Å²) in [5, 5.41) is 22.9. The standard InChI is InChI=1S/C14H21N3O5/c1-5-7-15(8-6-2)12-11(16(18)19)9-10(3)14(22-4)13(12)17(20)21/h9H,5-8H2,1-4H3. The first-order valence-electron chi connectivity index (χ1n) is 7.14. The Kier molecular flexibility index (Phi) is 6.09. The number of anilines is 1. The van der Waals surface area contributed by atoms with E-state index in [2.05, 4.69) is 0 Å². The van der Waals surface area contributed by atoms with Gasteiger partial charge in [0.05, 0.1) is 17.0 Å². The summed E-state index contributed by atoms with van der Waals surface area (Å²) >= 11 is 0. The molecule has 0 bridgehead atoms. The van der Waals surface area contributed by atoms with Gasteiger partial charge in [0.1, 0.15) is 0 Å². The van der Waals surface area contributed by atoms with Crippen molar-refractivity contribution in [3.63, 3.8) is 0 Å². The number of nitro groups is 2. The van der Waals surface area contributed by atoms with Gasteiger partial charge in [-0.2, -0.15) is 0 Å². The van der Waals surface area contributed by atoms with Gasteiger partial charge in [0.2, 0.25) is 5.75 Å². The monoisotopic (exact) mass is 311 g/mol. The number of nitro benzene ring substituents is 2. The molecule has 8 nitrogen and oxygen atoms in total. The third-order valence-electron chi connectivity index (χ3n) is 3.28. The van der Waals surface area contributed by atoms with E-state index in [0.29, 0.717) is 18.7 Å². The highest BCUT2D eigenvalue weighted by atomic mass is 16.6. The molecule has 1 aromatic carbocycles. The average Bonchev–Trinajstić information content (AvgIpc) is 2.45. The van der Waals surface area contributed by atoms with Crippen LogP contribution in [0.1, 0.15) is 32.3 Å². The molecule has 22 heavy (non-hydrogen) atoms. The molecule has 0 saturated carbocycles. The second-order valence-electron chi connectivity index (χ2n) is 4.94. The van der Waals surface area contributed by atoms with Crippen molar-refractivity contribution in [2.45, 2.75) is 33.6 Å². The fraction of sp³-hybridized carbons (Fsp3) is 0.571. The van der Waals surface area contributed by atoms with Crippen LogP contribution in [-0.4, -0.2) is 30.0 Å². The number of rotatable bonds is 8. The lowest BCUT2D eigenvalue weighted by atomic mass is 10.1. The van der Waals surface area contributed by atoms with Gasteiger partial charge < -0.3 is 9.64 Å². The van der Waals surface area contributed by atoms with Gasteiger partial charge in [0.25, 0.3) is 5.69 Å². The van der Waals surface area contributed by atoms with Crippen molar-refractivity contribution in [1.29, 1.82) is 0 Å². The maximum atomic E-state index is 11.5. The normalized spacial score (nSPS) is 10.4. The summed E-state index contributed by atoms with van der Waals surface area (Å²) in [6.07, 6.45) is 1.45. The van der Waals surface area contributed by atoms with Crippen molar-refractivity contribution < 1.29 is 14.6 Å². The van der Waals surface area contributed by atoms with Gasteiger partial charge in [0, 0.05) is 24.7 Å². The molecule has 0 aliphatic rings. The van der Waals surface area contributed by atoms with Crippen LogP contribution in [0.2, 0.25) is 0 Å². The third-order valence-corrected chi connectivity index (χ3v) is 3.28. The molecule has 0 amide bonds. The Morgan fingerprint density at radius 3 is 2.05 bits per heavy atom. The van der Waals surface area contributed by atoms with Crippen molar-refractivity contribution in [3.05, 3.63) is 31.9 Å². The molecule has 0 fully saturated rings. The molecular formula is C14H21N3O5. The van der Waals surface area contributed by atoms with E-state index in [1.165, 1.54) is 13.2 Å². The first-order chi connectivity index (χ1) is 10.4. The van der Waals surface area contributed by atoms with Crippen LogP contribution in [0.4, 0.5) is 17.1 Å². The van der Waals surface area contributed by atoms with E-state index in [1.54, 1.807) is 11.8 Å². The Morgan fingerprint density at radius 1 is 1.14 bits per heavy atom. The van der Waals surface area contributed by atoms with Gasteiger partial charge in [-0.3, -0.25) is 20.2 Å². The van der Waals surface area contributed by atoms with Crippen LogP contribution in [0.3, 0.4) is 0 Å². The van der Waals surface area contributed by atoms with Crippen LogP contribution in [0.25, 0.3) is 0 Å². The first-order valence-corrected chi connectivity index (χ1v) is 7.14. The minimum absolute atomic E-state index is 0.0288. The molecule has 0 unspecified atom stereocenters. The zero-order valence-electron chi connectivity index (χ0n) is 13.3. The minimum atomic E-state index is -0.605. The molecule has 0 heterocycles. The Morgan fingerprint density at radius 2 is 1.68 bits per heavy atom. The molecule has 0 atom stereocenters. The zero-order chi connectivity index (χ0) is 16.9. The molecule has 0 N–H and O–H groups in total. The van der Waals surface area contributed by atoms with Crippen LogP contribution in [0.5, 0.6) is 5.75 Å². The van der Waals surface area contributed by atoms with E-state index in [4.69, 9.17) is 4.74 Å². The summed E-state index contributed by atoms with van der Waals surface area (Å²) in [6.45, 7) is 6.41. The number of hydrogen-bond acceptors (Lipinski definition) is 6. The van der Waals surface area contributed by atoms with E-state index in [9.17, 15) is 20.2 Å². The van der Waals surface area contributed by atoms with E-state index >= 15 is 0 Å². The lowest BCUT2D eigenvalue weighted by molar-refractivity contribution is -0.393. The SMILES string of the molecule is CCCN(CCC)c1c([N+](=O)[O-])cc(C)c(OC)c1[N+](=O)[O-]. The van der Waals surface area contributed by atoms with Gasteiger partial charge in [-0.1, -0.05) is 13.8 Å². The maximum Gasteiger partial charge on any atom is 0.341 e. The lowest BCUT2D eigenvalue weighted by Gasteiger charge is -2.24. The third kappa shape index (κ3) is 3.44. The number of benzene rings is 1. The van der Waals surface area contributed by atoms with Crippen LogP contribution in [-0.2, 0) is 0 Å². The van der Waals surface area contributed by atoms with Crippen molar-refractivity contribution in [1.82, 2.24) is 0 Å². The first kappa shape index (κ1) is 17.7. The largest absolute Gasteiger partial charge is 0.490 e. The summed E-state index contributed by atoms with van der Waals surface area (Å²) in [6, 6.07) is 1.33. The number of aryl methyl sites for hydroxylation is 1. The van der Waals surface area contributed by atoms with E-state index in [0.717, 1.165) is 12.8 Å². The molecule has 0 aromatic heterocycles. The Bertz CT molecular complexity index is 568. The predicted octanol–water partition coefficient (Wildman–Crippen LogP) is 3.45. The molecule has 8 heteroatoms. The quantitative estimate of drug-likeness (QED) is 0.538. The number of methoxy groups -OCH3 is 1. The highest BCUT2D eigenvalue weighted by molar-refractivity contribution is 5.81. The highest BCUT2D eigenvalue weighted by Crippen LogP contribution is 2.46. The molecule has 0 radical (unpaired) electrons. The average molecular weight is 311 g/mol. The summed E-state index contributed by atoms with van der Waals surface area (Å²) in [7, 11) is 1.33. The molecule has 1 aromatic rings. The van der Waals surface area contributed by atoms with Crippen molar-refractivity contribution in [2.75, 3.05) is 25.1 Å². The lowest BCUT2D eigenvalue weighted by Crippen LogP contribution is -2.27. The summed E-state index contributed by atoms with van der Waals surface area (Å²) in [4.78, 5) is 23.4. The smallest absolute Gasteiger partial charge is 0.341 e. The maximum absolute atomic E-state index is 11.5. The predicted molar refractivity (Wildman–Crippen MR) is 83.8 cm³/mol. The van der Waals surface area contributed by atoms with E-state index < -0.39 is 9.85 Å². The molecule has 0 saturated heterocycles. The Balaban J connectivity index is 3.74. The Labute approximate surface area is 129 Å². The second-order valence-corrected chi connectivity index (χ2v) is 4.94. The summed E-state index contributed by atoms with van der Waals surface area (Å²) in [5.41, 5.74) is -0.193. The van der Waals surface area contributed by atoms with Gasteiger partial charge >= 0.3 is 5.69 Å². The van der Waals surface area contributed by atoms with Crippen LogP contribution in [0, 0.1) is 27.2 Å². The van der Waals surface area contributed by atoms with Crippen molar-refractivity contribution in [2.24, 2.45) is 0 Å². The second kappa shape index (κ2) is 7.58. The molecule has 122 valence electrons. The number of hydrogen-bond donors (Lipinski definition) is 0.